The predicted molar refractivity (Wildman–Crippen MR) is 305 cm³/mol. The summed E-state index contributed by atoms with van der Waals surface area (Å²) in [5.74, 6) is -0.203. The van der Waals surface area contributed by atoms with Crippen LogP contribution in [0.15, 0.2) is 0 Å². The Labute approximate surface area is 464 Å². The summed E-state index contributed by atoms with van der Waals surface area (Å²) in [4.78, 5) is 13.2. The zero-order valence-electron chi connectivity index (χ0n) is 48.8. The second-order valence-electron chi connectivity index (χ2n) is 23.3. The summed E-state index contributed by atoms with van der Waals surface area (Å²) in [6, 6.07) is -0.822. The second kappa shape index (κ2) is 48.7. The van der Waals surface area contributed by atoms with E-state index in [2.05, 4.69) is 19.2 Å². The van der Waals surface area contributed by atoms with Crippen molar-refractivity contribution in [1.29, 1.82) is 0 Å². The van der Waals surface area contributed by atoms with Crippen molar-refractivity contribution in [2.24, 2.45) is 0 Å². The van der Waals surface area contributed by atoms with Crippen LogP contribution in [0.5, 0.6) is 0 Å². The van der Waals surface area contributed by atoms with E-state index in [4.69, 9.17) is 18.9 Å². The van der Waals surface area contributed by atoms with Crippen LogP contribution < -0.4 is 5.32 Å². The van der Waals surface area contributed by atoms with Crippen molar-refractivity contribution in [2.75, 3.05) is 19.8 Å². The third kappa shape index (κ3) is 33.7. The van der Waals surface area contributed by atoms with Crippen LogP contribution in [0, 0.1) is 0 Å². The monoisotopic (exact) mass is 1090 g/mol. The van der Waals surface area contributed by atoms with E-state index in [1.807, 2.05) is 0 Å². The lowest BCUT2D eigenvalue weighted by molar-refractivity contribution is -0.359. The fourth-order valence-corrected chi connectivity index (χ4v) is 11.1. The fourth-order valence-electron chi connectivity index (χ4n) is 11.1. The van der Waals surface area contributed by atoms with E-state index in [1.165, 1.54) is 218 Å². The molecule has 2 fully saturated rings. The third-order valence-electron chi connectivity index (χ3n) is 16.3. The van der Waals surface area contributed by atoms with Crippen LogP contribution in [0.1, 0.15) is 296 Å². The van der Waals surface area contributed by atoms with E-state index in [0.717, 1.165) is 51.4 Å². The Morgan fingerprint density at radius 2 is 0.750 bits per heavy atom. The molecule has 452 valence electrons. The van der Waals surface area contributed by atoms with Gasteiger partial charge in [0.2, 0.25) is 5.91 Å². The van der Waals surface area contributed by atoms with Gasteiger partial charge in [0.15, 0.2) is 12.6 Å². The maximum Gasteiger partial charge on any atom is 0.220 e. The highest BCUT2D eigenvalue weighted by molar-refractivity contribution is 5.76. The number of unbranched alkanes of at least 4 members (excludes halogenated alkanes) is 40. The number of aliphatic hydroxyl groups excluding tert-OH is 8. The number of carbonyl (C=O) groups excluding carboxylic acids is 1. The van der Waals surface area contributed by atoms with Crippen molar-refractivity contribution >= 4 is 5.91 Å². The van der Waals surface area contributed by atoms with Gasteiger partial charge < -0.3 is 65.1 Å². The van der Waals surface area contributed by atoms with E-state index in [1.54, 1.807) is 0 Å². The van der Waals surface area contributed by atoms with Gasteiger partial charge in [-0.25, -0.2) is 0 Å². The van der Waals surface area contributed by atoms with E-state index < -0.39 is 86.8 Å². The Kier molecular flexibility index (Phi) is 45.5. The first kappa shape index (κ1) is 71.1. The number of hydrogen-bond acceptors (Lipinski definition) is 13. The van der Waals surface area contributed by atoms with E-state index in [9.17, 15) is 45.6 Å². The minimum atomic E-state index is -1.78. The first-order valence-electron chi connectivity index (χ1n) is 32.3. The van der Waals surface area contributed by atoms with Gasteiger partial charge >= 0.3 is 0 Å². The molecular weight excluding hydrogens is 967 g/mol. The Morgan fingerprint density at radius 3 is 1.12 bits per heavy atom. The van der Waals surface area contributed by atoms with Crippen LogP contribution in [0.25, 0.3) is 0 Å². The lowest BCUT2D eigenvalue weighted by Crippen LogP contribution is -2.65. The Bertz CT molecular complexity index is 1280. The zero-order chi connectivity index (χ0) is 55.3. The minimum Gasteiger partial charge on any atom is -0.394 e. The molecule has 2 aliphatic heterocycles. The largest absolute Gasteiger partial charge is 0.394 e. The van der Waals surface area contributed by atoms with Gasteiger partial charge in [-0.2, -0.15) is 0 Å². The molecule has 12 unspecified atom stereocenters. The Balaban J connectivity index is 1.62. The maximum absolute atomic E-state index is 13.2. The number of rotatable bonds is 53. The molecule has 76 heavy (non-hydrogen) atoms. The molecule has 2 heterocycles. The molecule has 0 spiro atoms. The molecule has 1 amide bonds. The molecule has 0 aromatic heterocycles. The molecule has 12 atom stereocenters. The normalized spacial score (nSPS) is 24.8. The average Bonchev–Trinajstić information content (AvgIpc) is 3.42. The summed E-state index contributed by atoms with van der Waals surface area (Å²) in [5.41, 5.74) is 0. The SMILES string of the molecule is CCCCCCCCCCCCCCCCCCCCCCCCCCCCCCCCCC(O)C(COC1OC(CO)C(OC2OC(CO)C(O)C(O)C2O)C(O)C1O)NC(=O)CCCCCCCCCCCCC. The summed E-state index contributed by atoms with van der Waals surface area (Å²) < 4.78 is 22.8. The van der Waals surface area contributed by atoms with Gasteiger partial charge in [0, 0.05) is 6.42 Å². The van der Waals surface area contributed by atoms with Gasteiger partial charge in [-0.15, -0.1) is 0 Å². The molecule has 9 N–H and O–H groups in total. The number of aliphatic hydroxyl groups is 8. The Morgan fingerprint density at radius 1 is 0.421 bits per heavy atom. The molecule has 14 nitrogen and oxygen atoms in total. The quantitative estimate of drug-likeness (QED) is 0.0259. The summed E-state index contributed by atoms with van der Waals surface area (Å²) in [5, 5.41) is 87.2. The molecular formula is C62H121NO13. The van der Waals surface area contributed by atoms with Gasteiger partial charge in [0.25, 0.3) is 0 Å². The number of ether oxygens (including phenoxy) is 4. The van der Waals surface area contributed by atoms with E-state index >= 15 is 0 Å². The van der Waals surface area contributed by atoms with Crippen molar-refractivity contribution in [1.82, 2.24) is 5.32 Å². The van der Waals surface area contributed by atoms with Crippen molar-refractivity contribution in [3.63, 3.8) is 0 Å². The first-order chi connectivity index (χ1) is 37.1. The average molecular weight is 1090 g/mol. The van der Waals surface area contributed by atoms with Gasteiger partial charge in [-0.1, -0.05) is 277 Å². The fraction of sp³-hybridized carbons (Fsp3) is 0.984. The molecule has 0 saturated carbocycles. The third-order valence-corrected chi connectivity index (χ3v) is 16.3. The summed E-state index contributed by atoms with van der Waals surface area (Å²) in [7, 11) is 0. The van der Waals surface area contributed by atoms with Gasteiger partial charge in [0.1, 0.15) is 48.8 Å². The summed E-state index contributed by atoms with van der Waals surface area (Å²) in [6.45, 7) is 2.88. The van der Waals surface area contributed by atoms with Gasteiger partial charge in [-0.05, 0) is 12.8 Å². The number of nitrogens with one attached hydrogen (secondary N) is 1. The van der Waals surface area contributed by atoms with Crippen molar-refractivity contribution in [3.8, 4) is 0 Å². The highest BCUT2D eigenvalue weighted by Crippen LogP contribution is 2.30. The van der Waals surface area contributed by atoms with Crippen LogP contribution in [0.2, 0.25) is 0 Å². The molecule has 0 aromatic rings. The van der Waals surface area contributed by atoms with Crippen LogP contribution in [0.4, 0.5) is 0 Å². The van der Waals surface area contributed by atoms with Crippen molar-refractivity contribution in [2.45, 2.75) is 370 Å². The van der Waals surface area contributed by atoms with Gasteiger partial charge in [0.05, 0.1) is 32.0 Å². The zero-order valence-corrected chi connectivity index (χ0v) is 48.8. The number of amides is 1. The molecule has 0 aromatic carbocycles. The van der Waals surface area contributed by atoms with E-state index in [-0.39, 0.29) is 12.5 Å². The molecule has 14 heteroatoms. The highest BCUT2D eigenvalue weighted by Gasteiger charge is 2.51. The Hall–Kier alpha value is -1.01. The summed E-state index contributed by atoms with van der Waals surface area (Å²) in [6.07, 6.45) is 38.5. The predicted octanol–water partition coefficient (Wildman–Crippen LogP) is 11.7. The van der Waals surface area contributed by atoms with Crippen LogP contribution in [-0.4, -0.2) is 140 Å². The maximum atomic E-state index is 13.2. The van der Waals surface area contributed by atoms with Gasteiger partial charge in [-0.3, -0.25) is 4.79 Å². The topological polar surface area (TPSA) is 228 Å². The second-order valence-corrected chi connectivity index (χ2v) is 23.3. The minimum absolute atomic E-state index is 0.203. The molecule has 2 saturated heterocycles. The van der Waals surface area contributed by atoms with Crippen LogP contribution in [0.3, 0.4) is 0 Å². The molecule has 0 aliphatic carbocycles. The number of carbonyl (C=O) groups is 1. The lowest BCUT2D eigenvalue weighted by Gasteiger charge is -2.46. The molecule has 0 bridgehead atoms. The lowest BCUT2D eigenvalue weighted by atomic mass is 9.97. The van der Waals surface area contributed by atoms with Crippen LogP contribution >= 0.6 is 0 Å². The molecule has 2 aliphatic rings. The smallest absolute Gasteiger partial charge is 0.220 e. The van der Waals surface area contributed by atoms with Crippen molar-refractivity contribution < 1.29 is 64.6 Å². The summed E-state index contributed by atoms with van der Waals surface area (Å²) >= 11 is 0. The number of hydrogen-bond donors (Lipinski definition) is 9. The molecule has 0 radical (unpaired) electrons. The van der Waals surface area contributed by atoms with E-state index in [0.29, 0.717) is 12.8 Å². The van der Waals surface area contributed by atoms with Crippen LogP contribution in [-0.2, 0) is 23.7 Å². The highest BCUT2D eigenvalue weighted by atomic mass is 16.7. The standard InChI is InChI=1S/C62H121NO13/c1-3-5-7-9-11-13-15-16-17-18-19-20-21-22-23-24-25-26-27-28-29-30-31-32-33-34-36-37-39-41-43-45-51(66)50(63-54(67)46-44-42-40-38-35-14-12-10-8-6-4-2)49-73-61-59(72)57(70)60(53(48-65)75-61)76-62-58(71)56(69)55(68)52(47-64)74-62/h50-53,55-62,64-66,68-72H,3-49H2,1-2H3,(H,63,67). The first-order valence-corrected chi connectivity index (χ1v) is 32.3. The molecule has 2 rings (SSSR count). The van der Waals surface area contributed by atoms with Crippen molar-refractivity contribution in [3.05, 3.63) is 0 Å².